The summed E-state index contributed by atoms with van der Waals surface area (Å²) in [6.45, 7) is 5.91. The van der Waals surface area contributed by atoms with Gasteiger partial charge in [-0.15, -0.1) is 0 Å². The smallest absolute Gasteiger partial charge is 0.278 e. The molecule has 136 valence electrons. The van der Waals surface area contributed by atoms with Crippen molar-refractivity contribution < 1.29 is 13.9 Å². The summed E-state index contributed by atoms with van der Waals surface area (Å²) >= 11 is 5.88. The molecule has 0 aromatic heterocycles. The highest BCUT2D eigenvalue weighted by atomic mass is 35.5. The molecular formula is C20H20ClFN2O2. The van der Waals surface area contributed by atoms with Crippen LogP contribution in [-0.2, 0) is 5.79 Å². The molecule has 2 aromatic rings. The predicted molar refractivity (Wildman–Crippen MR) is 98.6 cm³/mol. The first-order chi connectivity index (χ1) is 12.5. The number of nitrogens with zero attached hydrogens (tertiary/aromatic N) is 1. The lowest BCUT2D eigenvalue weighted by Gasteiger charge is -2.49. The number of benzene rings is 2. The van der Waals surface area contributed by atoms with Crippen LogP contribution < -0.4 is 19.7 Å². The van der Waals surface area contributed by atoms with Gasteiger partial charge in [0.05, 0.1) is 11.3 Å². The van der Waals surface area contributed by atoms with E-state index in [1.54, 1.807) is 19.1 Å². The maximum absolute atomic E-state index is 14.4. The Morgan fingerprint density at radius 1 is 1.19 bits per heavy atom. The van der Waals surface area contributed by atoms with Crippen LogP contribution in [0.4, 0.5) is 10.1 Å². The van der Waals surface area contributed by atoms with Crippen LogP contribution in [0.25, 0.3) is 0 Å². The summed E-state index contributed by atoms with van der Waals surface area (Å²) in [4.78, 5) is 2.32. The molecule has 2 aromatic carbocycles. The number of fused-ring (bicyclic) bond motifs is 1. The van der Waals surface area contributed by atoms with Crippen LogP contribution >= 0.6 is 11.6 Å². The Balaban J connectivity index is 1.45. The summed E-state index contributed by atoms with van der Waals surface area (Å²) in [6, 6.07) is 10.4. The minimum atomic E-state index is -1.20. The van der Waals surface area contributed by atoms with Crippen molar-refractivity contribution in [2.24, 2.45) is 5.41 Å². The molecule has 3 aliphatic heterocycles. The monoisotopic (exact) mass is 374 g/mol. The van der Waals surface area contributed by atoms with Crippen LogP contribution in [0.2, 0.25) is 5.02 Å². The standard InChI is InChI=1S/C20H20ClFN2O2/c1-19(14-6-5-13(21)9-15(14)22)25-17-4-2-3-16(18(17)26-19)24-11-20(12-24)7-8-23-10-20/h2-6,9,23H,7-8,10-12H2,1H3. The van der Waals surface area contributed by atoms with E-state index in [0.29, 0.717) is 27.5 Å². The Labute approximate surface area is 156 Å². The van der Waals surface area contributed by atoms with Crippen LogP contribution in [0.3, 0.4) is 0 Å². The zero-order chi connectivity index (χ0) is 17.9. The molecule has 5 rings (SSSR count). The molecule has 2 fully saturated rings. The average molecular weight is 375 g/mol. The Hall–Kier alpha value is -1.98. The van der Waals surface area contributed by atoms with E-state index >= 15 is 0 Å². The van der Waals surface area contributed by atoms with Gasteiger partial charge in [-0.1, -0.05) is 17.7 Å². The summed E-state index contributed by atoms with van der Waals surface area (Å²) in [5.41, 5.74) is 1.73. The van der Waals surface area contributed by atoms with E-state index in [4.69, 9.17) is 21.1 Å². The zero-order valence-electron chi connectivity index (χ0n) is 14.5. The Morgan fingerprint density at radius 3 is 2.77 bits per heavy atom. The predicted octanol–water partition coefficient (Wildman–Crippen LogP) is 3.92. The quantitative estimate of drug-likeness (QED) is 0.863. The van der Waals surface area contributed by atoms with Gasteiger partial charge in [0.2, 0.25) is 0 Å². The second-order valence-corrected chi connectivity index (χ2v) is 8.10. The average Bonchev–Trinajstić information content (AvgIpc) is 3.17. The molecule has 1 atom stereocenters. The molecular weight excluding hydrogens is 355 g/mol. The van der Waals surface area contributed by atoms with Crippen molar-refractivity contribution in [1.29, 1.82) is 0 Å². The Morgan fingerprint density at radius 2 is 2.04 bits per heavy atom. The molecule has 2 saturated heterocycles. The van der Waals surface area contributed by atoms with Crippen LogP contribution in [0.1, 0.15) is 18.9 Å². The first kappa shape index (κ1) is 16.2. The summed E-state index contributed by atoms with van der Waals surface area (Å²) < 4.78 is 26.7. The fourth-order valence-electron chi connectivity index (χ4n) is 4.33. The van der Waals surface area contributed by atoms with Gasteiger partial charge >= 0.3 is 0 Å². The minimum absolute atomic E-state index is 0.337. The minimum Gasteiger partial charge on any atom is -0.444 e. The van der Waals surface area contributed by atoms with Gasteiger partial charge in [0, 0.05) is 37.0 Å². The SMILES string of the molecule is CC1(c2ccc(Cl)cc2F)Oc2cccc(N3CC4(CCNC4)C3)c2O1. The van der Waals surface area contributed by atoms with Crippen LogP contribution in [0.5, 0.6) is 11.5 Å². The van der Waals surface area contributed by atoms with Gasteiger partial charge in [-0.25, -0.2) is 4.39 Å². The number of hydrogen-bond acceptors (Lipinski definition) is 4. The molecule has 1 spiro atoms. The van der Waals surface area contributed by atoms with Crippen molar-refractivity contribution in [2.45, 2.75) is 19.1 Å². The number of ether oxygens (including phenoxy) is 2. The first-order valence-electron chi connectivity index (χ1n) is 8.90. The van der Waals surface area contributed by atoms with Gasteiger partial charge in [0.1, 0.15) is 5.82 Å². The molecule has 26 heavy (non-hydrogen) atoms. The van der Waals surface area contributed by atoms with E-state index in [1.165, 1.54) is 12.5 Å². The highest BCUT2D eigenvalue weighted by molar-refractivity contribution is 6.30. The van der Waals surface area contributed by atoms with Gasteiger partial charge in [-0.05, 0) is 43.3 Å². The first-order valence-corrected chi connectivity index (χ1v) is 9.28. The van der Waals surface area contributed by atoms with Gasteiger partial charge in [-0.3, -0.25) is 0 Å². The molecule has 0 saturated carbocycles. The summed E-state index contributed by atoms with van der Waals surface area (Å²) in [6.07, 6.45) is 1.21. The second-order valence-electron chi connectivity index (χ2n) is 7.66. The van der Waals surface area contributed by atoms with E-state index in [2.05, 4.69) is 10.2 Å². The third kappa shape index (κ3) is 2.37. The van der Waals surface area contributed by atoms with Gasteiger partial charge in [0.25, 0.3) is 5.79 Å². The summed E-state index contributed by atoms with van der Waals surface area (Å²) in [5, 5.41) is 3.80. The number of nitrogens with one attached hydrogen (secondary N) is 1. The molecule has 3 aliphatic rings. The molecule has 4 nitrogen and oxygen atoms in total. The number of para-hydroxylation sites is 1. The molecule has 0 amide bonds. The fraction of sp³-hybridized carbons (Fsp3) is 0.400. The normalized spacial score (nSPS) is 25.6. The topological polar surface area (TPSA) is 33.7 Å². The molecule has 0 bridgehead atoms. The largest absolute Gasteiger partial charge is 0.444 e. The highest BCUT2D eigenvalue weighted by Gasteiger charge is 2.48. The third-order valence-corrected chi connectivity index (χ3v) is 5.94. The van der Waals surface area contributed by atoms with Crippen LogP contribution in [-0.4, -0.2) is 26.2 Å². The number of halogens is 2. The molecule has 6 heteroatoms. The number of rotatable bonds is 2. The lowest BCUT2D eigenvalue weighted by molar-refractivity contribution is -0.0706. The maximum atomic E-state index is 14.4. The van der Waals surface area contributed by atoms with E-state index in [9.17, 15) is 4.39 Å². The molecule has 1 unspecified atom stereocenters. The molecule has 3 heterocycles. The van der Waals surface area contributed by atoms with Crippen molar-refractivity contribution >= 4 is 17.3 Å². The lowest BCUT2D eigenvalue weighted by Crippen LogP contribution is -2.57. The zero-order valence-corrected chi connectivity index (χ0v) is 15.3. The molecule has 0 aliphatic carbocycles. The number of anilines is 1. The van der Waals surface area contributed by atoms with Crippen molar-refractivity contribution in [3.05, 3.63) is 52.8 Å². The van der Waals surface area contributed by atoms with E-state index in [1.807, 2.05) is 18.2 Å². The molecule has 1 N–H and O–H groups in total. The Bertz CT molecular complexity index is 876. The fourth-order valence-corrected chi connectivity index (χ4v) is 4.49. The Kier molecular flexibility index (Phi) is 3.43. The highest BCUT2D eigenvalue weighted by Crippen LogP contribution is 2.52. The van der Waals surface area contributed by atoms with Crippen molar-refractivity contribution in [2.75, 3.05) is 31.1 Å². The maximum Gasteiger partial charge on any atom is 0.278 e. The van der Waals surface area contributed by atoms with Gasteiger partial charge < -0.3 is 19.7 Å². The van der Waals surface area contributed by atoms with Crippen molar-refractivity contribution in [3.63, 3.8) is 0 Å². The van der Waals surface area contributed by atoms with Crippen LogP contribution in [0.15, 0.2) is 36.4 Å². The van der Waals surface area contributed by atoms with Crippen LogP contribution in [0, 0.1) is 11.2 Å². The summed E-state index contributed by atoms with van der Waals surface area (Å²) in [7, 11) is 0. The second kappa shape index (κ2) is 5.51. The van der Waals surface area contributed by atoms with E-state index in [0.717, 1.165) is 31.9 Å². The van der Waals surface area contributed by atoms with E-state index in [-0.39, 0.29) is 0 Å². The van der Waals surface area contributed by atoms with Crippen molar-refractivity contribution in [1.82, 2.24) is 5.32 Å². The van der Waals surface area contributed by atoms with E-state index < -0.39 is 11.6 Å². The van der Waals surface area contributed by atoms with Gasteiger partial charge in [-0.2, -0.15) is 0 Å². The lowest BCUT2D eigenvalue weighted by atomic mass is 9.79. The van der Waals surface area contributed by atoms with Gasteiger partial charge in [0.15, 0.2) is 11.5 Å². The number of hydrogen-bond donors (Lipinski definition) is 1. The third-order valence-electron chi connectivity index (χ3n) is 5.71. The molecule has 0 radical (unpaired) electrons. The van der Waals surface area contributed by atoms with Crippen molar-refractivity contribution in [3.8, 4) is 11.5 Å². The summed E-state index contributed by atoms with van der Waals surface area (Å²) in [5.74, 6) is -0.311.